The van der Waals surface area contributed by atoms with Crippen LogP contribution < -0.4 is 5.32 Å². The van der Waals surface area contributed by atoms with Gasteiger partial charge in [0.25, 0.3) is 0 Å². The molecule has 98 valence electrons. The minimum atomic E-state index is 0.545. The van der Waals surface area contributed by atoms with Crippen LogP contribution in [0.2, 0.25) is 0 Å². The number of hydrogen-bond acceptors (Lipinski definition) is 1. The van der Waals surface area contributed by atoms with E-state index in [0.29, 0.717) is 6.04 Å². The number of fused-ring (bicyclic) bond motifs is 1. The summed E-state index contributed by atoms with van der Waals surface area (Å²) in [5, 5.41) is 3.40. The SMILES string of the molecule is CNC1CCc2cc(-c3ccc(C)cc3C)ccc21. The monoisotopic (exact) mass is 251 g/mol. The molecule has 2 aromatic rings. The third-order valence-electron chi connectivity index (χ3n) is 4.26. The number of rotatable bonds is 2. The zero-order chi connectivity index (χ0) is 13.4. The predicted octanol–water partition coefficient (Wildman–Crippen LogP) is 4.18. The second-order valence-corrected chi connectivity index (χ2v) is 5.61. The predicted molar refractivity (Wildman–Crippen MR) is 81.5 cm³/mol. The molecule has 1 heteroatoms. The summed E-state index contributed by atoms with van der Waals surface area (Å²) in [5.41, 5.74) is 8.41. The van der Waals surface area contributed by atoms with Crippen LogP contribution in [0.4, 0.5) is 0 Å². The largest absolute Gasteiger partial charge is 0.313 e. The van der Waals surface area contributed by atoms with Gasteiger partial charge in [-0.15, -0.1) is 0 Å². The standard InChI is InChI=1S/C18H21N/c1-12-4-7-16(13(2)10-12)14-5-8-17-15(11-14)6-9-18(17)19-3/h4-5,7-8,10-11,18-19H,6,9H2,1-3H3. The van der Waals surface area contributed by atoms with Gasteiger partial charge in [-0.3, -0.25) is 0 Å². The lowest BCUT2D eigenvalue weighted by Crippen LogP contribution is -2.12. The van der Waals surface area contributed by atoms with Crippen molar-refractivity contribution < 1.29 is 0 Å². The van der Waals surface area contributed by atoms with Crippen LogP contribution in [0.1, 0.15) is 34.7 Å². The maximum atomic E-state index is 3.40. The Morgan fingerprint density at radius 2 is 1.89 bits per heavy atom. The zero-order valence-electron chi connectivity index (χ0n) is 12.0. The third-order valence-corrected chi connectivity index (χ3v) is 4.26. The molecule has 0 fully saturated rings. The van der Waals surface area contributed by atoms with E-state index < -0.39 is 0 Å². The summed E-state index contributed by atoms with van der Waals surface area (Å²) >= 11 is 0. The van der Waals surface area contributed by atoms with Gasteiger partial charge in [0, 0.05) is 6.04 Å². The van der Waals surface area contributed by atoms with Gasteiger partial charge in [0.1, 0.15) is 0 Å². The van der Waals surface area contributed by atoms with Crippen molar-refractivity contribution in [2.75, 3.05) is 7.05 Å². The molecule has 0 bridgehead atoms. The Labute approximate surface area is 115 Å². The van der Waals surface area contributed by atoms with E-state index in [4.69, 9.17) is 0 Å². The molecule has 19 heavy (non-hydrogen) atoms. The average Bonchev–Trinajstić information content (AvgIpc) is 2.80. The van der Waals surface area contributed by atoms with Gasteiger partial charge in [-0.25, -0.2) is 0 Å². The highest BCUT2D eigenvalue weighted by Crippen LogP contribution is 2.34. The van der Waals surface area contributed by atoms with Crippen molar-refractivity contribution in [1.82, 2.24) is 5.32 Å². The Morgan fingerprint density at radius 1 is 1.05 bits per heavy atom. The van der Waals surface area contributed by atoms with Gasteiger partial charge in [0.15, 0.2) is 0 Å². The topological polar surface area (TPSA) is 12.0 Å². The molecule has 0 saturated heterocycles. The maximum Gasteiger partial charge on any atom is 0.0323 e. The van der Waals surface area contributed by atoms with E-state index in [0.717, 1.165) is 0 Å². The molecule has 1 aliphatic rings. The zero-order valence-corrected chi connectivity index (χ0v) is 12.0. The molecule has 1 atom stereocenters. The fraction of sp³-hybridized carbons (Fsp3) is 0.333. The summed E-state index contributed by atoms with van der Waals surface area (Å²) in [6.07, 6.45) is 2.42. The molecule has 3 rings (SSSR count). The first-order chi connectivity index (χ1) is 9.19. The molecular formula is C18H21N. The molecule has 0 radical (unpaired) electrons. The molecule has 1 nitrogen and oxygen atoms in total. The fourth-order valence-corrected chi connectivity index (χ4v) is 3.22. The van der Waals surface area contributed by atoms with E-state index >= 15 is 0 Å². The Kier molecular flexibility index (Phi) is 3.16. The minimum Gasteiger partial charge on any atom is -0.313 e. The summed E-state index contributed by atoms with van der Waals surface area (Å²) in [4.78, 5) is 0. The van der Waals surface area contributed by atoms with Gasteiger partial charge in [0.2, 0.25) is 0 Å². The van der Waals surface area contributed by atoms with Crippen molar-refractivity contribution in [2.45, 2.75) is 32.7 Å². The quantitative estimate of drug-likeness (QED) is 0.844. The highest BCUT2D eigenvalue weighted by Gasteiger charge is 2.21. The first-order valence-electron chi connectivity index (χ1n) is 7.07. The Bertz CT molecular complexity index is 613. The first-order valence-corrected chi connectivity index (χ1v) is 7.07. The van der Waals surface area contributed by atoms with Crippen molar-refractivity contribution in [3.05, 3.63) is 58.7 Å². The van der Waals surface area contributed by atoms with E-state index in [-0.39, 0.29) is 0 Å². The van der Waals surface area contributed by atoms with Crippen LogP contribution in [0.3, 0.4) is 0 Å². The fourth-order valence-electron chi connectivity index (χ4n) is 3.22. The number of nitrogens with one attached hydrogen (secondary N) is 1. The number of benzene rings is 2. The van der Waals surface area contributed by atoms with Gasteiger partial charge >= 0.3 is 0 Å². The summed E-state index contributed by atoms with van der Waals surface area (Å²) in [5.74, 6) is 0. The lowest BCUT2D eigenvalue weighted by atomic mass is 9.95. The molecule has 0 heterocycles. The smallest absolute Gasteiger partial charge is 0.0323 e. The minimum absolute atomic E-state index is 0.545. The van der Waals surface area contributed by atoms with Gasteiger partial charge in [-0.1, -0.05) is 42.0 Å². The van der Waals surface area contributed by atoms with Crippen LogP contribution in [0.15, 0.2) is 36.4 Å². The molecule has 2 aromatic carbocycles. The van der Waals surface area contributed by atoms with Crippen molar-refractivity contribution in [3.63, 3.8) is 0 Å². The van der Waals surface area contributed by atoms with Crippen molar-refractivity contribution in [2.24, 2.45) is 0 Å². The summed E-state index contributed by atoms with van der Waals surface area (Å²) in [6, 6.07) is 14.2. The first kappa shape index (κ1) is 12.4. The summed E-state index contributed by atoms with van der Waals surface area (Å²) in [6.45, 7) is 4.35. The molecule has 0 spiro atoms. The normalized spacial score (nSPS) is 17.5. The van der Waals surface area contributed by atoms with E-state index in [1.54, 1.807) is 0 Å². The van der Waals surface area contributed by atoms with Crippen molar-refractivity contribution in [1.29, 1.82) is 0 Å². The average molecular weight is 251 g/mol. The van der Waals surface area contributed by atoms with E-state index in [1.165, 1.54) is 46.2 Å². The van der Waals surface area contributed by atoms with Gasteiger partial charge in [-0.05, 0) is 61.6 Å². The highest BCUT2D eigenvalue weighted by molar-refractivity contribution is 5.69. The van der Waals surface area contributed by atoms with Crippen LogP contribution in [-0.4, -0.2) is 7.05 Å². The molecule has 0 amide bonds. The van der Waals surface area contributed by atoms with E-state index in [1.807, 2.05) is 0 Å². The molecule has 0 aliphatic heterocycles. The molecule has 1 unspecified atom stereocenters. The third kappa shape index (κ3) is 2.19. The van der Waals surface area contributed by atoms with Crippen LogP contribution in [0.5, 0.6) is 0 Å². The number of aryl methyl sites for hydroxylation is 3. The van der Waals surface area contributed by atoms with Gasteiger partial charge in [-0.2, -0.15) is 0 Å². The molecule has 1 N–H and O–H groups in total. The molecular weight excluding hydrogens is 230 g/mol. The second kappa shape index (κ2) is 4.82. The summed E-state index contributed by atoms with van der Waals surface area (Å²) < 4.78 is 0. The maximum absolute atomic E-state index is 3.40. The molecule has 0 saturated carbocycles. The highest BCUT2D eigenvalue weighted by atomic mass is 14.9. The van der Waals surface area contributed by atoms with Crippen LogP contribution in [0.25, 0.3) is 11.1 Å². The summed E-state index contributed by atoms with van der Waals surface area (Å²) in [7, 11) is 2.05. The number of hydrogen-bond donors (Lipinski definition) is 1. The second-order valence-electron chi connectivity index (χ2n) is 5.61. The molecule has 0 aromatic heterocycles. The Hall–Kier alpha value is -1.60. The Morgan fingerprint density at radius 3 is 2.63 bits per heavy atom. The van der Waals surface area contributed by atoms with Crippen molar-refractivity contribution >= 4 is 0 Å². The van der Waals surface area contributed by atoms with Gasteiger partial charge < -0.3 is 5.32 Å². The van der Waals surface area contributed by atoms with Crippen LogP contribution in [-0.2, 0) is 6.42 Å². The van der Waals surface area contributed by atoms with Crippen LogP contribution >= 0.6 is 0 Å². The Balaban J connectivity index is 2.03. The van der Waals surface area contributed by atoms with E-state index in [9.17, 15) is 0 Å². The molecule has 1 aliphatic carbocycles. The van der Waals surface area contributed by atoms with E-state index in [2.05, 4.69) is 62.6 Å². The lowest BCUT2D eigenvalue weighted by Gasteiger charge is -2.12. The lowest BCUT2D eigenvalue weighted by molar-refractivity contribution is 0.590. The van der Waals surface area contributed by atoms with Crippen LogP contribution in [0, 0.1) is 13.8 Å². The van der Waals surface area contributed by atoms with Gasteiger partial charge in [0.05, 0.1) is 0 Å². The van der Waals surface area contributed by atoms with Crippen molar-refractivity contribution in [3.8, 4) is 11.1 Å².